The van der Waals surface area contributed by atoms with Gasteiger partial charge in [-0.2, -0.15) is 5.10 Å². The lowest BCUT2D eigenvalue weighted by molar-refractivity contribution is -0.137. The molecule has 0 heterocycles. The highest BCUT2D eigenvalue weighted by Gasteiger charge is 2.05. The Morgan fingerprint density at radius 2 is 2.18 bits per heavy atom. The third kappa shape index (κ3) is 3.94. The zero-order chi connectivity index (χ0) is 12.7. The van der Waals surface area contributed by atoms with Crippen molar-refractivity contribution < 1.29 is 14.3 Å². The number of para-hydroxylation sites is 1. The Balaban J connectivity index is 2.70. The van der Waals surface area contributed by atoms with Crippen LogP contribution >= 0.6 is 0 Å². The van der Waals surface area contributed by atoms with E-state index in [1.807, 2.05) is 18.4 Å². The predicted molar refractivity (Wildman–Crippen MR) is 62.5 cm³/mol. The summed E-state index contributed by atoms with van der Waals surface area (Å²) in [5.74, 6) is -1.40. The normalized spacial score (nSPS) is 10.2. The minimum Gasteiger partial charge on any atom is -0.493 e. The first-order chi connectivity index (χ1) is 8.15. The molecular weight excluding hydrogens is 222 g/mol. The lowest BCUT2D eigenvalue weighted by Crippen LogP contribution is -2.32. The van der Waals surface area contributed by atoms with Crippen molar-refractivity contribution in [3.8, 4) is 5.75 Å². The van der Waals surface area contributed by atoms with Crippen molar-refractivity contribution in [3.05, 3.63) is 29.8 Å². The van der Waals surface area contributed by atoms with E-state index in [0.717, 1.165) is 0 Å². The Morgan fingerprint density at radius 1 is 1.47 bits per heavy atom. The monoisotopic (exact) mass is 235 g/mol. The number of nitrogens with one attached hydrogen (secondary N) is 1. The minimum absolute atomic E-state index is 0.526. The standard InChI is InChI=1S/C11H13N3O3/c1-2-17-9-6-4-3-5-8(9)7-13-14-11(16)10(12)15/h3-7H,2H2,1H3,(H2,12,15)(H,14,16)/b13-7-. The molecule has 0 radical (unpaired) electrons. The minimum atomic E-state index is -1.08. The third-order valence-electron chi connectivity index (χ3n) is 1.81. The summed E-state index contributed by atoms with van der Waals surface area (Å²) in [4.78, 5) is 21.2. The molecule has 2 amide bonds. The maximum Gasteiger partial charge on any atom is 0.329 e. The summed E-state index contributed by atoms with van der Waals surface area (Å²) in [6.45, 7) is 2.39. The number of benzene rings is 1. The second-order valence-electron chi connectivity index (χ2n) is 3.03. The molecule has 0 unspecified atom stereocenters. The Morgan fingerprint density at radius 3 is 2.82 bits per heavy atom. The zero-order valence-corrected chi connectivity index (χ0v) is 9.34. The third-order valence-corrected chi connectivity index (χ3v) is 1.81. The number of carbonyl (C=O) groups excluding carboxylic acids is 2. The molecule has 0 saturated heterocycles. The number of amides is 2. The van der Waals surface area contributed by atoms with Crippen LogP contribution in [0, 0.1) is 0 Å². The van der Waals surface area contributed by atoms with Gasteiger partial charge in [-0.15, -0.1) is 0 Å². The van der Waals surface area contributed by atoms with Gasteiger partial charge in [0.1, 0.15) is 5.75 Å². The van der Waals surface area contributed by atoms with E-state index in [2.05, 4.69) is 5.10 Å². The maximum absolute atomic E-state index is 10.8. The quantitative estimate of drug-likeness (QED) is 0.437. The Hall–Kier alpha value is -2.37. The first-order valence-corrected chi connectivity index (χ1v) is 4.99. The smallest absolute Gasteiger partial charge is 0.329 e. The van der Waals surface area contributed by atoms with Crippen LogP contribution in [0.4, 0.5) is 0 Å². The molecule has 1 rings (SSSR count). The summed E-state index contributed by atoms with van der Waals surface area (Å²) in [5.41, 5.74) is 7.44. The van der Waals surface area contributed by atoms with Gasteiger partial charge in [-0.05, 0) is 19.1 Å². The summed E-state index contributed by atoms with van der Waals surface area (Å²) in [6, 6.07) is 7.18. The molecule has 0 aliphatic carbocycles. The van der Waals surface area contributed by atoms with Gasteiger partial charge in [-0.1, -0.05) is 12.1 Å². The summed E-state index contributed by atoms with van der Waals surface area (Å²) in [6.07, 6.45) is 1.38. The molecule has 3 N–H and O–H groups in total. The SMILES string of the molecule is CCOc1ccccc1/C=N\NC(=O)C(N)=O. The number of hydrogen-bond acceptors (Lipinski definition) is 4. The Kier molecular flexibility index (Phi) is 4.68. The van der Waals surface area contributed by atoms with E-state index in [4.69, 9.17) is 10.5 Å². The highest BCUT2D eigenvalue weighted by molar-refractivity contribution is 6.34. The van der Waals surface area contributed by atoms with Crippen LogP contribution < -0.4 is 15.9 Å². The number of hydrazone groups is 1. The van der Waals surface area contributed by atoms with Crippen LogP contribution in [0.1, 0.15) is 12.5 Å². The Bertz CT molecular complexity index is 443. The van der Waals surface area contributed by atoms with Gasteiger partial charge in [-0.3, -0.25) is 9.59 Å². The fourth-order valence-electron chi connectivity index (χ4n) is 1.09. The average molecular weight is 235 g/mol. The van der Waals surface area contributed by atoms with Crippen LogP contribution in [0.5, 0.6) is 5.75 Å². The molecule has 0 saturated carbocycles. The number of primary amides is 1. The van der Waals surface area contributed by atoms with Gasteiger partial charge in [0.2, 0.25) is 0 Å². The molecule has 0 spiro atoms. The van der Waals surface area contributed by atoms with E-state index >= 15 is 0 Å². The van der Waals surface area contributed by atoms with E-state index in [0.29, 0.717) is 17.9 Å². The van der Waals surface area contributed by atoms with Gasteiger partial charge in [0.15, 0.2) is 0 Å². The topological polar surface area (TPSA) is 93.8 Å². The molecule has 6 nitrogen and oxygen atoms in total. The second kappa shape index (κ2) is 6.26. The molecule has 0 aromatic heterocycles. The van der Waals surface area contributed by atoms with Gasteiger partial charge in [0.25, 0.3) is 0 Å². The maximum atomic E-state index is 10.8. The first kappa shape index (κ1) is 12.7. The van der Waals surface area contributed by atoms with Crippen molar-refractivity contribution >= 4 is 18.0 Å². The van der Waals surface area contributed by atoms with E-state index in [1.165, 1.54) is 6.21 Å². The van der Waals surface area contributed by atoms with Crippen LogP contribution in [0.25, 0.3) is 0 Å². The average Bonchev–Trinajstić information content (AvgIpc) is 2.31. The summed E-state index contributed by atoms with van der Waals surface area (Å²) in [7, 11) is 0. The summed E-state index contributed by atoms with van der Waals surface area (Å²) < 4.78 is 5.35. The number of hydrogen-bond donors (Lipinski definition) is 2. The summed E-state index contributed by atoms with van der Waals surface area (Å²) in [5, 5.41) is 3.60. The lowest BCUT2D eigenvalue weighted by Gasteiger charge is -2.05. The molecule has 6 heteroatoms. The fraction of sp³-hybridized carbons (Fsp3) is 0.182. The molecule has 0 fully saturated rings. The van der Waals surface area contributed by atoms with Crippen LogP contribution in [0.15, 0.2) is 29.4 Å². The van der Waals surface area contributed by atoms with Crippen molar-refractivity contribution in [1.82, 2.24) is 5.43 Å². The van der Waals surface area contributed by atoms with Crippen molar-refractivity contribution in [3.63, 3.8) is 0 Å². The number of rotatable bonds is 4. The molecular formula is C11H13N3O3. The van der Waals surface area contributed by atoms with Gasteiger partial charge in [0.05, 0.1) is 12.8 Å². The van der Waals surface area contributed by atoms with Gasteiger partial charge in [-0.25, -0.2) is 5.43 Å². The highest BCUT2D eigenvalue weighted by atomic mass is 16.5. The molecule has 0 bridgehead atoms. The highest BCUT2D eigenvalue weighted by Crippen LogP contribution is 2.15. The molecule has 0 aliphatic rings. The van der Waals surface area contributed by atoms with E-state index in [9.17, 15) is 9.59 Å². The molecule has 0 aliphatic heterocycles. The zero-order valence-electron chi connectivity index (χ0n) is 9.34. The summed E-state index contributed by atoms with van der Waals surface area (Å²) >= 11 is 0. The molecule has 0 atom stereocenters. The lowest BCUT2D eigenvalue weighted by atomic mass is 10.2. The van der Waals surface area contributed by atoms with E-state index in [1.54, 1.807) is 18.2 Å². The van der Waals surface area contributed by atoms with Crippen LogP contribution in [0.2, 0.25) is 0 Å². The molecule has 1 aromatic rings. The van der Waals surface area contributed by atoms with Crippen LogP contribution in [0.3, 0.4) is 0 Å². The van der Waals surface area contributed by atoms with Crippen molar-refractivity contribution in [1.29, 1.82) is 0 Å². The fourth-order valence-corrected chi connectivity index (χ4v) is 1.09. The van der Waals surface area contributed by atoms with Gasteiger partial charge >= 0.3 is 11.8 Å². The van der Waals surface area contributed by atoms with Gasteiger partial charge in [0, 0.05) is 5.56 Å². The van der Waals surface area contributed by atoms with E-state index < -0.39 is 11.8 Å². The number of carbonyl (C=O) groups is 2. The predicted octanol–water partition coefficient (Wildman–Crippen LogP) is 0.0207. The van der Waals surface area contributed by atoms with Crippen molar-refractivity contribution in [2.45, 2.75) is 6.92 Å². The van der Waals surface area contributed by atoms with Crippen LogP contribution in [-0.2, 0) is 9.59 Å². The van der Waals surface area contributed by atoms with E-state index in [-0.39, 0.29) is 0 Å². The van der Waals surface area contributed by atoms with Crippen molar-refractivity contribution in [2.24, 2.45) is 10.8 Å². The number of nitrogens with two attached hydrogens (primary N) is 1. The van der Waals surface area contributed by atoms with Crippen molar-refractivity contribution in [2.75, 3.05) is 6.61 Å². The molecule has 1 aromatic carbocycles. The molecule has 17 heavy (non-hydrogen) atoms. The Labute approximate surface area is 98.4 Å². The second-order valence-corrected chi connectivity index (χ2v) is 3.03. The van der Waals surface area contributed by atoms with Crippen LogP contribution in [-0.4, -0.2) is 24.6 Å². The number of nitrogens with zero attached hydrogens (tertiary/aromatic N) is 1. The molecule has 90 valence electrons. The number of ether oxygens (including phenoxy) is 1. The van der Waals surface area contributed by atoms with Gasteiger partial charge < -0.3 is 10.5 Å². The largest absolute Gasteiger partial charge is 0.493 e. The first-order valence-electron chi connectivity index (χ1n) is 4.99.